The maximum atomic E-state index is 11.3. The van der Waals surface area contributed by atoms with Crippen molar-refractivity contribution in [3.05, 3.63) is 29.7 Å². The van der Waals surface area contributed by atoms with Crippen LogP contribution in [0, 0.1) is 6.92 Å². The maximum absolute atomic E-state index is 11.3. The Morgan fingerprint density at radius 1 is 1.38 bits per heavy atom. The highest BCUT2D eigenvalue weighted by Gasteiger charge is 2.07. The lowest BCUT2D eigenvalue weighted by Gasteiger charge is -1.97. The average molecular weight is 220 g/mol. The van der Waals surface area contributed by atoms with Gasteiger partial charge in [0.2, 0.25) is 0 Å². The standard InChI is InChI=1S/C10H10N2O2.C2H6/c1-6-12-8-5-7(10(13)11-2)3-4-9(8)14-6;1-2/h3-5H,1-2H3,(H,11,13);1-2H3. The van der Waals surface area contributed by atoms with Crippen LogP contribution in [-0.2, 0) is 0 Å². The van der Waals surface area contributed by atoms with Crippen molar-refractivity contribution in [1.82, 2.24) is 10.3 Å². The molecule has 4 nitrogen and oxygen atoms in total. The van der Waals surface area contributed by atoms with Crippen molar-refractivity contribution in [2.75, 3.05) is 7.05 Å². The molecule has 0 aliphatic carbocycles. The minimum atomic E-state index is -0.118. The van der Waals surface area contributed by atoms with Gasteiger partial charge in [-0.3, -0.25) is 4.79 Å². The van der Waals surface area contributed by atoms with Gasteiger partial charge in [-0.05, 0) is 18.2 Å². The van der Waals surface area contributed by atoms with E-state index >= 15 is 0 Å². The summed E-state index contributed by atoms with van der Waals surface area (Å²) in [5.41, 5.74) is 2.01. The molecule has 0 saturated heterocycles. The van der Waals surface area contributed by atoms with Gasteiger partial charge in [0.05, 0.1) is 0 Å². The summed E-state index contributed by atoms with van der Waals surface area (Å²) in [6, 6.07) is 5.18. The SMILES string of the molecule is CC.CNC(=O)c1ccc2oc(C)nc2c1. The Bertz CT molecular complexity index is 489. The van der Waals surface area contributed by atoms with Crippen LogP contribution >= 0.6 is 0 Å². The summed E-state index contributed by atoms with van der Waals surface area (Å²) >= 11 is 0. The Hall–Kier alpha value is -1.84. The van der Waals surface area contributed by atoms with Crippen LogP contribution in [0.3, 0.4) is 0 Å². The number of hydrogen-bond acceptors (Lipinski definition) is 3. The number of benzene rings is 1. The van der Waals surface area contributed by atoms with Gasteiger partial charge >= 0.3 is 0 Å². The van der Waals surface area contributed by atoms with E-state index in [0.29, 0.717) is 22.6 Å². The Morgan fingerprint density at radius 3 is 2.69 bits per heavy atom. The highest BCUT2D eigenvalue weighted by atomic mass is 16.3. The number of nitrogens with one attached hydrogen (secondary N) is 1. The lowest BCUT2D eigenvalue weighted by Crippen LogP contribution is -2.17. The van der Waals surface area contributed by atoms with Gasteiger partial charge in [-0.2, -0.15) is 0 Å². The van der Waals surface area contributed by atoms with Crippen molar-refractivity contribution in [2.45, 2.75) is 20.8 Å². The van der Waals surface area contributed by atoms with Crippen LogP contribution in [0.15, 0.2) is 22.6 Å². The Labute approximate surface area is 94.7 Å². The summed E-state index contributed by atoms with van der Waals surface area (Å²) in [5, 5.41) is 2.56. The van der Waals surface area contributed by atoms with Crippen LogP contribution in [-0.4, -0.2) is 17.9 Å². The molecule has 1 N–H and O–H groups in total. The van der Waals surface area contributed by atoms with Gasteiger partial charge in [-0.1, -0.05) is 13.8 Å². The zero-order valence-electron chi connectivity index (χ0n) is 10.00. The summed E-state index contributed by atoms with van der Waals surface area (Å²) in [4.78, 5) is 15.4. The van der Waals surface area contributed by atoms with Crippen LogP contribution in [0.5, 0.6) is 0 Å². The van der Waals surface area contributed by atoms with Gasteiger partial charge in [-0.25, -0.2) is 4.98 Å². The van der Waals surface area contributed by atoms with Gasteiger partial charge in [0.25, 0.3) is 5.91 Å². The van der Waals surface area contributed by atoms with E-state index in [2.05, 4.69) is 10.3 Å². The molecule has 2 rings (SSSR count). The van der Waals surface area contributed by atoms with Gasteiger partial charge in [0.15, 0.2) is 11.5 Å². The third kappa shape index (κ3) is 2.39. The number of fused-ring (bicyclic) bond motifs is 1. The molecule has 1 heterocycles. The zero-order chi connectivity index (χ0) is 12.1. The molecular weight excluding hydrogens is 204 g/mol. The lowest BCUT2D eigenvalue weighted by atomic mass is 10.2. The van der Waals surface area contributed by atoms with Crippen LogP contribution in [0.25, 0.3) is 11.1 Å². The van der Waals surface area contributed by atoms with E-state index in [9.17, 15) is 4.79 Å². The van der Waals surface area contributed by atoms with Gasteiger partial charge in [0, 0.05) is 19.5 Å². The molecule has 0 aliphatic heterocycles. The fraction of sp³-hybridized carbons (Fsp3) is 0.333. The van der Waals surface area contributed by atoms with E-state index in [1.165, 1.54) is 0 Å². The number of carbonyl (C=O) groups is 1. The van der Waals surface area contributed by atoms with Crippen molar-refractivity contribution in [1.29, 1.82) is 0 Å². The first-order chi connectivity index (χ1) is 7.70. The molecule has 0 bridgehead atoms. The number of rotatable bonds is 1. The summed E-state index contributed by atoms with van der Waals surface area (Å²) < 4.78 is 5.29. The first-order valence-electron chi connectivity index (χ1n) is 5.30. The molecule has 0 spiro atoms. The lowest BCUT2D eigenvalue weighted by molar-refractivity contribution is 0.0963. The Balaban J connectivity index is 0.000000606. The van der Waals surface area contributed by atoms with Crippen molar-refractivity contribution in [2.24, 2.45) is 0 Å². The molecule has 2 aromatic rings. The normalized spacial score (nSPS) is 9.50. The second-order valence-corrected chi connectivity index (χ2v) is 2.99. The Kier molecular flexibility index (Phi) is 4.05. The second-order valence-electron chi connectivity index (χ2n) is 2.99. The Morgan fingerprint density at radius 2 is 2.06 bits per heavy atom. The predicted octanol–water partition coefficient (Wildman–Crippen LogP) is 2.52. The molecule has 4 heteroatoms. The topological polar surface area (TPSA) is 55.1 Å². The van der Waals surface area contributed by atoms with Gasteiger partial charge in [-0.15, -0.1) is 0 Å². The third-order valence-corrected chi connectivity index (χ3v) is 1.98. The molecule has 0 radical (unpaired) electrons. The van der Waals surface area contributed by atoms with E-state index in [-0.39, 0.29) is 5.91 Å². The highest BCUT2D eigenvalue weighted by Crippen LogP contribution is 2.16. The first-order valence-corrected chi connectivity index (χ1v) is 5.30. The van der Waals surface area contributed by atoms with Gasteiger partial charge in [0.1, 0.15) is 5.52 Å². The second kappa shape index (κ2) is 5.30. The van der Waals surface area contributed by atoms with E-state index in [4.69, 9.17) is 4.42 Å². The molecule has 0 aliphatic rings. The van der Waals surface area contributed by atoms with Crippen molar-refractivity contribution in [3.63, 3.8) is 0 Å². The number of aromatic nitrogens is 1. The van der Waals surface area contributed by atoms with E-state index in [1.54, 1.807) is 32.2 Å². The third-order valence-electron chi connectivity index (χ3n) is 1.98. The van der Waals surface area contributed by atoms with Crippen molar-refractivity contribution >= 4 is 17.0 Å². The molecular formula is C12H16N2O2. The van der Waals surface area contributed by atoms with E-state index < -0.39 is 0 Å². The molecule has 0 saturated carbocycles. The minimum Gasteiger partial charge on any atom is -0.441 e. The van der Waals surface area contributed by atoms with Crippen LogP contribution in [0.4, 0.5) is 0 Å². The fourth-order valence-corrected chi connectivity index (χ4v) is 1.33. The van der Waals surface area contributed by atoms with Gasteiger partial charge < -0.3 is 9.73 Å². The molecule has 0 unspecified atom stereocenters. The maximum Gasteiger partial charge on any atom is 0.251 e. The van der Waals surface area contributed by atoms with Crippen LogP contribution in [0.1, 0.15) is 30.1 Å². The summed E-state index contributed by atoms with van der Waals surface area (Å²) in [7, 11) is 1.60. The molecule has 1 aromatic carbocycles. The van der Waals surface area contributed by atoms with Crippen molar-refractivity contribution in [3.8, 4) is 0 Å². The molecule has 1 amide bonds. The zero-order valence-corrected chi connectivity index (χ0v) is 10.00. The highest BCUT2D eigenvalue weighted by molar-refractivity contribution is 5.96. The van der Waals surface area contributed by atoms with E-state index in [0.717, 1.165) is 0 Å². The average Bonchev–Trinajstić information content (AvgIpc) is 2.69. The fourth-order valence-electron chi connectivity index (χ4n) is 1.33. The number of aryl methyl sites for hydroxylation is 1. The van der Waals surface area contributed by atoms with Crippen LogP contribution in [0.2, 0.25) is 0 Å². The number of nitrogens with zero attached hydrogens (tertiary/aromatic N) is 1. The molecule has 0 atom stereocenters. The predicted molar refractivity (Wildman–Crippen MR) is 63.5 cm³/mol. The number of hydrogen-bond donors (Lipinski definition) is 1. The molecule has 1 aromatic heterocycles. The number of carbonyl (C=O) groups excluding carboxylic acids is 1. The molecule has 86 valence electrons. The van der Waals surface area contributed by atoms with Crippen LogP contribution < -0.4 is 5.32 Å². The summed E-state index contributed by atoms with van der Waals surface area (Å²) in [6.45, 7) is 5.78. The van der Waals surface area contributed by atoms with Crippen molar-refractivity contribution < 1.29 is 9.21 Å². The number of oxazole rings is 1. The minimum absolute atomic E-state index is 0.118. The summed E-state index contributed by atoms with van der Waals surface area (Å²) in [5.74, 6) is 0.488. The first kappa shape index (κ1) is 12.2. The quantitative estimate of drug-likeness (QED) is 0.803. The summed E-state index contributed by atoms with van der Waals surface area (Å²) in [6.07, 6.45) is 0. The van der Waals surface area contributed by atoms with E-state index in [1.807, 2.05) is 13.8 Å². The largest absolute Gasteiger partial charge is 0.441 e. The number of amides is 1. The smallest absolute Gasteiger partial charge is 0.251 e. The molecule has 0 fully saturated rings. The molecule has 16 heavy (non-hydrogen) atoms. The monoisotopic (exact) mass is 220 g/mol.